The van der Waals surface area contributed by atoms with Crippen LogP contribution in [-0.2, 0) is 6.18 Å². The molecule has 0 unspecified atom stereocenters. The highest BCUT2D eigenvalue weighted by atomic mass is 19.4. The first-order valence-corrected chi connectivity index (χ1v) is 8.70. The lowest BCUT2D eigenvalue weighted by Gasteiger charge is -2.57. The Bertz CT molecular complexity index is 547. The number of pyridine rings is 1. The molecule has 4 aliphatic rings. The van der Waals surface area contributed by atoms with Gasteiger partial charge in [0, 0.05) is 6.54 Å². The van der Waals surface area contributed by atoms with Crippen molar-refractivity contribution in [3.63, 3.8) is 0 Å². The lowest BCUT2D eigenvalue weighted by atomic mass is 9.49. The minimum atomic E-state index is -4.38. The SMILES string of the molecule is FC(F)(F)c1cccc(NCCC23CC4CC(CC(C4)C2)C3)n1. The highest BCUT2D eigenvalue weighted by Crippen LogP contribution is 2.61. The fraction of sp³-hybridized carbons (Fsp3) is 0.722. The summed E-state index contributed by atoms with van der Waals surface area (Å²) in [5.41, 5.74) is -0.374. The van der Waals surface area contributed by atoms with Gasteiger partial charge in [-0.25, -0.2) is 4.98 Å². The van der Waals surface area contributed by atoms with Crippen molar-refractivity contribution in [2.24, 2.45) is 23.2 Å². The summed E-state index contributed by atoms with van der Waals surface area (Å²) in [4.78, 5) is 3.69. The van der Waals surface area contributed by atoms with Crippen molar-refractivity contribution in [2.45, 2.75) is 51.1 Å². The van der Waals surface area contributed by atoms with Gasteiger partial charge in [0.15, 0.2) is 0 Å². The van der Waals surface area contributed by atoms with Gasteiger partial charge in [-0.3, -0.25) is 0 Å². The van der Waals surface area contributed by atoms with Crippen LogP contribution in [0.1, 0.15) is 50.6 Å². The molecule has 0 aromatic carbocycles. The second-order valence-electron chi connectivity index (χ2n) is 8.00. The summed E-state index contributed by atoms with van der Waals surface area (Å²) in [6, 6.07) is 4.06. The minimum absolute atomic E-state index is 0.338. The summed E-state index contributed by atoms with van der Waals surface area (Å²) in [5, 5.41) is 3.12. The summed E-state index contributed by atoms with van der Waals surface area (Å²) in [7, 11) is 0. The molecular formula is C18H23F3N2. The fourth-order valence-electron chi connectivity index (χ4n) is 5.74. The average Bonchev–Trinajstić information content (AvgIpc) is 2.45. The van der Waals surface area contributed by atoms with E-state index < -0.39 is 11.9 Å². The molecule has 4 saturated carbocycles. The third kappa shape index (κ3) is 3.07. The maximum atomic E-state index is 12.7. The molecule has 0 saturated heterocycles. The molecule has 1 N–H and O–H groups in total. The van der Waals surface area contributed by atoms with Crippen LogP contribution in [0.25, 0.3) is 0 Å². The second-order valence-corrected chi connectivity index (χ2v) is 8.00. The van der Waals surface area contributed by atoms with E-state index in [9.17, 15) is 13.2 Å². The number of rotatable bonds is 4. The first-order chi connectivity index (χ1) is 10.9. The molecule has 23 heavy (non-hydrogen) atoms. The van der Waals surface area contributed by atoms with Gasteiger partial charge in [-0.05, 0) is 80.2 Å². The number of hydrogen-bond donors (Lipinski definition) is 1. The van der Waals surface area contributed by atoms with E-state index in [-0.39, 0.29) is 0 Å². The van der Waals surface area contributed by atoms with Gasteiger partial charge in [0.1, 0.15) is 11.5 Å². The molecule has 1 aromatic rings. The Labute approximate surface area is 134 Å². The molecule has 0 amide bonds. The van der Waals surface area contributed by atoms with Crippen molar-refractivity contribution in [3.05, 3.63) is 23.9 Å². The van der Waals surface area contributed by atoms with Gasteiger partial charge in [0.05, 0.1) is 0 Å². The fourth-order valence-corrected chi connectivity index (χ4v) is 5.74. The highest BCUT2D eigenvalue weighted by Gasteiger charge is 2.50. The van der Waals surface area contributed by atoms with E-state index in [2.05, 4.69) is 10.3 Å². The smallest absolute Gasteiger partial charge is 0.370 e. The minimum Gasteiger partial charge on any atom is -0.370 e. The van der Waals surface area contributed by atoms with E-state index in [1.165, 1.54) is 44.6 Å². The maximum absolute atomic E-state index is 12.7. The Morgan fingerprint density at radius 1 is 1.04 bits per heavy atom. The van der Waals surface area contributed by atoms with Crippen LogP contribution in [-0.4, -0.2) is 11.5 Å². The Morgan fingerprint density at radius 2 is 1.65 bits per heavy atom. The quantitative estimate of drug-likeness (QED) is 0.831. The number of aromatic nitrogens is 1. The van der Waals surface area contributed by atoms with E-state index in [1.54, 1.807) is 6.07 Å². The molecule has 2 nitrogen and oxygen atoms in total. The Morgan fingerprint density at radius 3 is 2.22 bits per heavy atom. The molecule has 4 aliphatic carbocycles. The molecule has 1 heterocycles. The maximum Gasteiger partial charge on any atom is 0.433 e. The van der Waals surface area contributed by atoms with Gasteiger partial charge in [0.2, 0.25) is 0 Å². The molecule has 0 aliphatic heterocycles. The Balaban J connectivity index is 1.37. The van der Waals surface area contributed by atoms with Crippen molar-refractivity contribution in [1.82, 2.24) is 4.98 Å². The van der Waals surface area contributed by atoms with Gasteiger partial charge in [-0.15, -0.1) is 0 Å². The summed E-state index contributed by atoms with van der Waals surface area (Å²) >= 11 is 0. The van der Waals surface area contributed by atoms with Crippen LogP contribution in [0.2, 0.25) is 0 Å². The number of nitrogens with one attached hydrogen (secondary N) is 1. The van der Waals surface area contributed by atoms with Crippen molar-refractivity contribution < 1.29 is 13.2 Å². The lowest BCUT2D eigenvalue weighted by molar-refractivity contribution is -0.141. The zero-order valence-corrected chi connectivity index (χ0v) is 13.2. The predicted octanol–water partition coefficient (Wildman–Crippen LogP) is 5.12. The van der Waals surface area contributed by atoms with Crippen molar-refractivity contribution >= 4 is 5.82 Å². The molecule has 4 bridgehead atoms. The summed E-state index contributed by atoms with van der Waals surface area (Å²) in [6.45, 7) is 0.723. The first-order valence-electron chi connectivity index (χ1n) is 8.70. The third-order valence-corrected chi connectivity index (χ3v) is 6.17. The summed E-state index contributed by atoms with van der Waals surface area (Å²) in [6.07, 6.45) is 4.93. The lowest BCUT2D eigenvalue weighted by Crippen LogP contribution is -2.46. The molecule has 4 fully saturated rings. The topological polar surface area (TPSA) is 24.9 Å². The monoisotopic (exact) mass is 324 g/mol. The third-order valence-electron chi connectivity index (χ3n) is 6.17. The molecule has 126 valence electrons. The normalized spacial score (nSPS) is 35.5. The molecule has 5 rings (SSSR count). The van der Waals surface area contributed by atoms with Gasteiger partial charge >= 0.3 is 6.18 Å². The van der Waals surface area contributed by atoms with Gasteiger partial charge in [0.25, 0.3) is 0 Å². The van der Waals surface area contributed by atoms with E-state index in [0.717, 1.165) is 36.8 Å². The van der Waals surface area contributed by atoms with Crippen LogP contribution >= 0.6 is 0 Å². The number of anilines is 1. The summed E-state index contributed by atoms with van der Waals surface area (Å²) in [5.74, 6) is 3.07. The number of halogens is 3. The van der Waals surface area contributed by atoms with Crippen molar-refractivity contribution in [3.8, 4) is 0 Å². The van der Waals surface area contributed by atoms with Crippen LogP contribution in [0.15, 0.2) is 18.2 Å². The Kier molecular flexibility index (Phi) is 3.58. The zero-order valence-electron chi connectivity index (χ0n) is 13.2. The second kappa shape index (κ2) is 5.38. The molecule has 5 heteroatoms. The molecule has 1 aromatic heterocycles. The van der Waals surface area contributed by atoms with Gasteiger partial charge in [-0.1, -0.05) is 6.07 Å². The van der Waals surface area contributed by atoms with E-state index in [0.29, 0.717) is 11.2 Å². The summed E-state index contributed by atoms with van der Waals surface area (Å²) < 4.78 is 38.1. The van der Waals surface area contributed by atoms with Crippen LogP contribution in [0.5, 0.6) is 0 Å². The first kappa shape index (κ1) is 15.3. The van der Waals surface area contributed by atoms with Crippen molar-refractivity contribution in [2.75, 3.05) is 11.9 Å². The molecule has 0 atom stereocenters. The van der Waals surface area contributed by atoms with E-state index in [1.807, 2.05) is 0 Å². The van der Waals surface area contributed by atoms with Gasteiger partial charge < -0.3 is 5.32 Å². The highest BCUT2D eigenvalue weighted by molar-refractivity contribution is 5.35. The largest absolute Gasteiger partial charge is 0.433 e. The zero-order chi connectivity index (χ0) is 16.1. The number of hydrogen-bond acceptors (Lipinski definition) is 2. The van der Waals surface area contributed by atoms with Crippen LogP contribution in [0.3, 0.4) is 0 Å². The van der Waals surface area contributed by atoms with Crippen LogP contribution < -0.4 is 5.32 Å². The van der Waals surface area contributed by atoms with E-state index in [4.69, 9.17) is 0 Å². The standard InChI is InChI=1S/C18H23F3N2/c19-18(20,21)15-2-1-3-16(23-15)22-5-4-17-9-12-6-13(10-17)8-14(7-12)11-17/h1-3,12-14H,4-11H2,(H,22,23). The number of nitrogens with zero attached hydrogens (tertiary/aromatic N) is 1. The van der Waals surface area contributed by atoms with Gasteiger partial charge in [-0.2, -0.15) is 13.2 Å². The average molecular weight is 324 g/mol. The molecular weight excluding hydrogens is 301 g/mol. The molecule has 0 radical (unpaired) electrons. The molecule has 0 spiro atoms. The Hall–Kier alpha value is -1.26. The van der Waals surface area contributed by atoms with Crippen LogP contribution in [0, 0.1) is 23.2 Å². The number of alkyl halides is 3. The van der Waals surface area contributed by atoms with Crippen molar-refractivity contribution in [1.29, 1.82) is 0 Å². The van der Waals surface area contributed by atoms with E-state index >= 15 is 0 Å². The predicted molar refractivity (Wildman–Crippen MR) is 83.0 cm³/mol. The van der Waals surface area contributed by atoms with Crippen LogP contribution in [0.4, 0.5) is 19.0 Å².